The maximum atomic E-state index is 12.9. The lowest BCUT2D eigenvalue weighted by Crippen LogP contribution is -2.38. The van der Waals surface area contributed by atoms with Crippen molar-refractivity contribution in [3.8, 4) is 0 Å². The second-order valence-electron chi connectivity index (χ2n) is 6.51. The topological polar surface area (TPSA) is 98.9 Å². The van der Waals surface area contributed by atoms with Gasteiger partial charge in [0.2, 0.25) is 0 Å². The fourth-order valence-corrected chi connectivity index (χ4v) is 3.34. The molecule has 2 aromatic rings. The van der Waals surface area contributed by atoms with Gasteiger partial charge in [0, 0.05) is 18.8 Å². The van der Waals surface area contributed by atoms with Crippen LogP contribution in [-0.4, -0.2) is 32.3 Å². The summed E-state index contributed by atoms with van der Waals surface area (Å²) in [5, 5.41) is 0. The van der Waals surface area contributed by atoms with Gasteiger partial charge in [-0.2, -0.15) is 0 Å². The first kappa shape index (κ1) is 17.1. The minimum absolute atomic E-state index is 0.0143. The number of rotatable bonds is 5. The van der Waals surface area contributed by atoms with E-state index in [2.05, 4.69) is 15.0 Å². The number of nitrogens with zero attached hydrogens (tertiary/aromatic N) is 2. The van der Waals surface area contributed by atoms with Gasteiger partial charge in [-0.1, -0.05) is 25.3 Å². The summed E-state index contributed by atoms with van der Waals surface area (Å²) in [4.78, 5) is 46.4. The van der Waals surface area contributed by atoms with E-state index in [1.807, 2.05) is 18.2 Å². The summed E-state index contributed by atoms with van der Waals surface area (Å²) >= 11 is 0. The van der Waals surface area contributed by atoms with E-state index in [0.29, 0.717) is 19.0 Å². The zero-order valence-corrected chi connectivity index (χ0v) is 14.0. The molecule has 1 aliphatic rings. The molecule has 25 heavy (non-hydrogen) atoms. The molecular formula is C18H22N4O3. The van der Waals surface area contributed by atoms with Gasteiger partial charge in [-0.15, -0.1) is 0 Å². The SMILES string of the molecule is O=C(c1cc(=O)[nH]c(=O)[nH]1)N(Cc1ccccn1)CC1CCCCC1. The van der Waals surface area contributed by atoms with Crippen molar-refractivity contribution in [1.82, 2.24) is 19.9 Å². The van der Waals surface area contributed by atoms with Gasteiger partial charge in [0.05, 0.1) is 12.2 Å². The van der Waals surface area contributed by atoms with Crippen molar-refractivity contribution < 1.29 is 4.79 Å². The van der Waals surface area contributed by atoms with E-state index < -0.39 is 11.2 Å². The van der Waals surface area contributed by atoms with Gasteiger partial charge in [0.1, 0.15) is 5.69 Å². The molecule has 0 spiro atoms. The molecule has 2 heterocycles. The van der Waals surface area contributed by atoms with Gasteiger partial charge in [-0.05, 0) is 30.9 Å². The number of nitrogens with one attached hydrogen (secondary N) is 2. The van der Waals surface area contributed by atoms with E-state index in [-0.39, 0.29) is 11.6 Å². The van der Waals surface area contributed by atoms with Crippen LogP contribution in [0.3, 0.4) is 0 Å². The summed E-state index contributed by atoms with van der Waals surface area (Å²) in [6.45, 7) is 0.954. The van der Waals surface area contributed by atoms with Crippen LogP contribution < -0.4 is 11.2 Å². The summed E-state index contributed by atoms with van der Waals surface area (Å²) < 4.78 is 0. The molecule has 2 N–H and O–H groups in total. The minimum Gasteiger partial charge on any atom is -0.331 e. The zero-order valence-electron chi connectivity index (χ0n) is 14.0. The zero-order chi connectivity index (χ0) is 17.6. The lowest BCUT2D eigenvalue weighted by Gasteiger charge is -2.29. The lowest BCUT2D eigenvalue weighted by molar-refractivity contribution is 0.0690. The molecule has 0 aromatic carbocycles. The third kappa shape index (κ3) is 4.65. The van der Waals surface area contributed by atoms with Crippen LogP contribution in [0.2, 0.25) is 0 Å². The second kappa shape index (κ2) is 7.92. The van der Waals surface area contributed by atoms with E-state index in [9.17, 15) is 14.4 Å². The van der Waals surface area contributed by atoms with Crippen molar-refractivity contribution in [2.24, 2.45) is 5.92 Å². The van der Waals surface area contributed by atoms with Crippen LogP contribution in [0.1, 0.15) is 48.3 Å². The van der Waals surface area contributed by atoms with Gasteiger partial charge in [-0.3, -0.25) is 19.6 Å². The Morgan fingerprint density at radius 2 is 1.96 bits per heavy atom. The van der Waals surface area contributed by atoms with E-state index >= 15 is 0 Å². The van der Waals surface area contributed by atoms with Crippen LogP contribution in [0.25, 0.3) is 0 Å². The third-order valence-corrected chi connectivity index (χ3v) is 4.56. The quantitative estimate of drug-likeness (QED) is 0.863. The molecule has 132 valence electrons. The lowest BCUT2D eigenvalue weighted by atomic mass is 9.89. The van der Waals surface area contributed by atoms with E-state index in [0.717, 1.165) is 24.6 Å². The molecule has 2 aromatic heterocycles. The average molecular weight is 342 g/mol. The van der Waals surface area contributed by atoms with Crippen molar-refractivity contribution >= 4 is 5.91 Å². The van der Waals surface area contributed by atoms with Crippen molar-refractivity contribution in [3.63, 3.8) is 0 Å². The second-order valence-corrected chi connectivity index (χ2v) is 6.51. The summed E-state index contributed by atoms with van der Waals surface area (Å²) in [6.07, 6.45) is 7.48. The Hall–Kier alpha value is -2.70. The molecule has 1 amide bonds. The number of hydrogen-bond acceptors (Lipinski definition) is 4. The van der Waals surface area contributed by atoms with Crippen LogP contribution in [0, 0.1) is 5.92 Å². The fraction of sp³-hybridized carbons (Fsp3) is 0.444. The van der Waals surface area contributed by atoms with Gasteiger partial charge in [0.15, 0.2) is 0 Å². The van der Waals surface area contributed by atoms with Crippen molar-refractivity contribution in [2.45, 2.75) is 38.6 Å². The Labute approximate surface area is 145 Å². The third-order valence-electron chi connectivity index (χ3n) is 4.56. The molecule has 7 heteroatoms. The van der Waals surface area contributed by atoms with E-state index in [1.165, 1.54) is 19.3 Å². The Bertz CT molecular complexity index is 794. The minimum atomic E-state index is -0.675. The summed E-state index contributed by atoms with van der Waals surface area (Å²) in [6, 6.07) is 6.70. The molecular weight excluding hydrogens is 320 g/mol. The number of aromatic amines is 2. The van der Waals surface area contributed by atoms with E-state index in [1.54, 1.807) is 11.1 Å². The molecule has 1 fully saturated rings. The monoisotopic (exact) mass is 342 g/mol. The Kier molecular flexibility index (Phi) is 5.42. The molecule has 0 bridgehead atoms. The standard InChI is InChI=1S/C18H22N4O3/c23-16-10-15(20-18(25)21-16)17(24)22(11-13-6-2-1-3-7-13)12-14-8-4-5-9-19-14/h4-5,8-10,13H,1-3,6-7,11-12H2,(H2,20,21,23,25). The highest BCUT2D eigenvalue weighted by Gasteiger charge is 2.23. The number of carbonyl (C=O) groups excluding carboxylic acids is 1. The van der Waals surface area contributed by atoms with Crippen LogP contribution in [-0.2, 0) is 6.54 Å². The summed E-state index contributed by atoms with van der Waals surface area (Å²) in [5.41, 5.74) is -0.465. The van der Waals surface area contributed by atoms with Gasteiger partial charge < -0.3 is 9.88 Å². The van der Waals surface area contributed by atoms with Gasteiger partial charge in [0.25, 0.3) is 11.5 Å². The highest BCUT2D eigenvalue weighted by molar-refractivity contribution is 5.92. The molecule has 0 atom stereocenters. The van der Waals surface area contributed by atoms with Crippen molar-refractivity contribution in [1.29, 1.82) is 0 Å². The van der Waals surface area contributed by atoms with E-state index in [4.69, 9.17) is 0 Å². The highest BCUT2D eigenvalue weighted by Crippen LogP contribution is 2.25. The van der Waals surface area contributed by atoms with Crippen LogP contribution in [0.4, 0.5) is 0 Å². The van der Waals surface area contributed by atoms with Gasteiger partial charge in [-0.25, -0.2) is 4.79 Å². The Morgan fingerprint density at radius 3 is 2.64 bits per heavy atom. The first-order valence-electron chi connectivity index (χ1n) is 8.64. The van der Waals surface area contributed by atoms with Crippen molar-refractivity contribution in [2.75, 3.05) is 6.54 Å². The normalized spacial score (nSPS) is 15.0. The maximum absolute atomic E-state index is 12.9. The number of aromatic nitrogens is 3. The molecule has 0 unspecified atom stereocenters. The summed E-state index contributed by atoms with van der Waals surface area (Å²) in [5.74, 6) is 0.0922. The Morgan fingerprint density at radius 1 is 1.16 bits per heavy atom. The largest absolute Gasteiger partial charge is 0.331 e. The maximum Gasteiger partial charge on any atom is 0.326 e. The summed E-state index contributed by atoms with van der Waals surface area (Å²) in [7, 11) is 0. The van der Waals surface area contributed by atoms with Crippen LogP contribution >= 0.6 is 0 Å². The molecule has 3 rings (SSSR count). The number of amides is 1. The molecule has 7 nitrogen and oxygen atoms in total. The molecule has 0 saturated heterocycles. The fourth-order valence-electron chi connectivity index (χ4n) is 3.34. The molecule has 0 aliphatic heterocycles. The van der Waals surface area contributed by atoms with Crippen LogP contribution in [0.5, 0.6) is 0 Å². The molecule has 1 aliphatic carbocycles. The predicted octanol–water partition coefficient (Wildman–Crippen LogP) is 1.68. The molecule has 0 radical (unpaired) electrons. The number of hydrogen-bond donors (Lipinski definition) is 2. The van der Waals surface area contributed by atoms with Crippen LogP contribution in [0.15, 0.2) is 40.1 Å². The smallest absolute Gasteiger partial charge is 0.326 e. The number of pyridine rings is 1. The predicted molar refractivity (Wildman–Crippen MR) is 93.2 cm³/mol. The van der Waals surface area contributed by atoms with Crippen molar-refractivity contribution in [3.05, 3.63) is 62.7 Å². The number of carbonyl (C=O) groups is 1. The highest BCUT2D eigenvalue weighted by atomic mass is 16.2. The average Bonchev–Trinajstić information content (AvgIpc) is 2.61. The number of H-pyrrole nitrogens is 2. The first-order valence-corrected chi connectivity index (χ1v) is 8.64. The van der Waals surface area contributed by atoms with Gasteiger partial charge >= 0.3 is 5.69 Å². The first-order chi connectivity index (χ1) is 12.1. The Balaban J connectivity index is 1.84. The molecule has 1 saturated carbocycles.